The molecule has 1 aromatic heterocycles. The molecule has 0 radical (unpaired) electrons. The molecule has 1 fully saturated rings. The number of rotatable bonds is 5. The summed E-state index contributed by atoms with van der Waals surface area (Å²) in [5, 5.41) is 5.99. The molecule has 0 atom stereocenters. The van der Waals surface area contributed by atoms with Crippen LogP contribution in [-0.2, 0) is 11.2 Å². The van der Waals surface area contributed by atoms with Crippen LogP contribution in [0.1, 0.15) is 18.5 Å². The van der Waals surface area contributed by atoms with Crippen LogP contribution in [0.3, 0.4) is 0 Å². The highest BCUT2D eigenvalue weighted by atomic mass is 32.1. The second kappa shape index (κ2) is 7.70. The van der Waals surface area contributed by atoms with Crippen molar-refractivity contribution in [1.82, 2.24) is 4.98 Å². The standard InChI is InChI=1S/C21H21N3OS/c25-20(14-17-15-26-21(22-17)16-8-2-1-3-9-16)23-18-10-4-5-11-19(18)24-12-6-7-13-24/h1-5,8-11,15H,6-7,12-14H2,(H,23,25). The third-order valence-electron chi connectivity index (χ3n) is 4.54. The second-order valence-corrected chi connectivity index (χ2v) is 7.30. The Balaban J connectivity index is 1.44. The average Bonchev–Trinajstić information content (AvgIpc) is 3.35. The molecule has 26 heavy (non-hydrogen) atoms. The first-order chi connectivity index (χ1) is 12.8. The monoisotopic (exact) mass is 363 g/mol. The Morgan fingerprint density at radius 2 is 1.77 bits per heavy atom. The molecule has 2 heterocycles. The van der Waals surface area contributed by atoms with Gasteiger partial charge in [-0.25, -0.2) is 4.98 Å². The smallest absolute Gasteiger partial charge is 0.230 e. The minimum absolute atomic E-state index is 0.0263. The van der Waals surface area contributed by atoms with Gasteiger partial charge in [-0.1, -0.05) is 42.5 Å². The number of hydrogen-bond acceptors (Lipinski definition) is 4. The Kier molecular flexibility index (Phi) is 4.97. The average molecular weight is 363 g/mol. The van der Waals surface area contributed by atoms with E-state index in [0.29, 0.717) is 0 Å². The molecule has 4 rings (SSSR count). The van der Waals surface area contributed by atoms with Crippen LogP contribution in [0.4, 0.5) is 11.4 Å². The van der Waals surface area contributed by atoms with Crippen molar-refractivity contribution in [2.75, 3.05) is 23.3 Å². The van der Waals surface area contributed by atoms with E-state index >= 15 is 0 Å². The van der Waals surface area contributed by atoms with E-state index < -0.39 is 0 Å². The number of nitrogens with one attached hydrogen (secondary N) is 1. The van der Waals surface area contributed by atoms with Crippen LogP contribution in [-0.4, -0.2) is 24.0 Å². The van der Waals surface area contributed by atoms with Gasteiger partial charge in [-0.15, -0.1) is 11.3 Å². The zero-order valence-corrected chi connectivity index (χ0v) is 15.3. The summed E-state index contributed by atoms with van der Waals surface area (Å²) >= 11 is 1.58. The van der Waals surface area contributed by atoms with Crippen molar-refractivity contribution in [3.63, 3.8) is 0 Å². The van der Waals surface area contributed by atoms with Crippen LogP contribution in [0.2, 0.25) is 0 Å². The number of carbonyl (C=O) groups excluding carboxylic acids is 1. The van der Waals surface area contributed by atoms with E-state index in [9.17, 15) is 4.79 Å². The number of carbonyl (C=O) groups is 1. The largest absolute Gasteiger partial charge is 0.370 e. The fraction of sp³-hybridized carbons (Fsp3) is 0.238. The lowest BCUT2D eigenvalue weighted by Crippen LogP contribution is -2.21. The number of nitrogens with zero attached hydrogens (tertiary/aromatic N) is 2. The summed E-state index contributed by atoms with van der Waals surface area (Å²) in [7, 11) is 0. The maximum Gasteiger partial charge on any atom is 0.230 e. The van der Waals surface area contributed by atoms with Crippen molar-refractivity contribution in [3.05, 3.63) is 65.7 Å². The van der Waals surface area contributed by atoms with Crippen molar-refractivity contribution in [2.24, 2.45) is 0 Å². The number of aromatic nitrogens is 1. The number of hydrogen-bond donors (Lipinski definition) is 1. The molecule has 0 aliphatic carbocycles. The number of para-hydroxylation sites is 2. The first kappa shape index (κ1) is 16.8. The lowest BCUT2D eigenvalue weighted by atomic mass is 10.2. The first-order valence-electron chi connectivity index (χ1n) is 8.93. The van der Waals surface area contributed by atoms with Crippen LogP contribution in [0.15, 0.2) is 60.0 Å². The van der Waals surface area contributed by atoms with Crippen LogP contribution in [0, 0.1) is 0 Å². The Morgan fingerprint density at radius 1 is 1.04 bits per heavy atom. The molecule has 3 aromatic rings. The molecule has 5 heteroatoms. The van der Waals surface area contributed by atoms with Crippen molar-refractivity contribution in [1.29, 1.82) is 0 Å². The van der Waals surface area contributed by atoms with E-state index in [1.54, 1.807) is 11.3 Å². The summed E-state index contributed by atoms with van der Waals surface area (Å²) in [4.78, 5) is 19.5. The van der Waals surface area contributed by atoms with Gasteiger partial charge in [0.1, 0.15) is 5.01 Å². The minimum Gasteiger partial charge on any atom is -0.370 e. The van der Waals surface area contributed by atoms with Gasteiger partial charge in [-0.2, -0.15) is 0 Å². The fourth-order valence-electron chi connectivity index (χ4n) is 3.27. The summed E-state index contributed by atoms with van der Waals surface area (Å²) in [6, 6.07) is 18.1. The molecule has 0 spiro atoms. The van der Waals surface area contributed by atoms with Gasteiger partial charge in [0, 0.05) is 24.0 Å². The molecule has 132 valence electrons. The molecular formula is C21H21N3OS. The van der Waals surface area contributed by atoms with E-state index in [1.807, 2.05) is 53.9 Å². The molecule has 1 aliphatic heterocycles. The summed E-state index contributed by atoms with van der Waals surface area (Å²) in [6.45, 7) is 2.11. The van der Waals surface area contributed by atoms with Crippen molar-refractivity contribution >= 4 is 28.6 Å². The third kappa shape index (κ3) is 3.78. The van der Waals surface area contributed by atoms with E-state index in [-0.39, 0.29) is 12.3 Å². The van der Waals surface area contributed by atoms with Gasteiger partial charge in [0.15, 0.2) is 0 Å². The lowest BCUT2D eigenvalue weighted by Gasteiger charge is -2.21. The molecule has 0 saturated carbocycles. The quantitative estimate of drug-likeness (QED) is 0.721. The Bertz CT molecular complexity index is 885. The summed E-state index contributed by atoms with van der Waals surface area (Å²) < 4.78 is 0. The summed E-state index contributed by atoms with van der Waals surface area (Å²) in [5.74, 6) is -0.0263. The van der Waals surface area contributed by atoms with Gasteiger partial charge in [0.2, 0.25) is 5.91 Å². The van der Waals surface area contributed by atoms with Gasteiger partial charge in [0.25, 0.3) is 0 Å². The highest BCUT2D eigenvalue weighted by molar-refractivity contribution is 7.13. The molecule has 1 saturated heterocycles. The first-order valence-corrected chi connectivity index (χ1v) is 9.81. The topological polar surface area (TPSA) is 45.2 Å². The Labute approximate surface area is 157 Å². The maximum atomic E-state index is 12.5. The Hall–Kier alpha value is -2.66. The molecule has 1 amide bonds. The zero-order valence-electron chi connectivity index (χ0n) is 14.5. The van der Waals surface area contributed by atoms with Gasteiger partial charge < -0.3 is 10.2 Å². The van der Waals surface area contributed by atoms with Crippen LogP contribution >= 0.6 is 11.3 Å². The van der Waals surface area contributed by atoms with Crippen LogP contribution in [0.25, 0.3) is 10.6 Å². The summed E-state index contributed by atoms with van der Waals surface area (Å²) in [6.07, 6.45) is 2.71. The number of thiazole rings is 1. The molecule has 1 aliphatic rings. The zero-order chi connectivity index (χ0) is 17.8. The van der Waals surface area contributed by atoms with Crippen LogP contribution in [0.5, 0.6) is 0 Å². The third-order valence-corrected chi connectivity index (χ3v) is 5.48. The minimum atomic E-state index is -0.0263. The predicted molar refractivity (Wildman–Crippen MR) is 108 cm³/mol. The molecule has 0 bridgehead atoms. The number of benzene rings is 2. The molecule has 4 nitrogen and oxygen atoms in total. The molecule has 2 aromatic carbocycles. The van der Waals surface area contributed by atoms with E-state index in [0.717, 1.165) is 40.7 Å². The van der Waals surface area contributed by atoms with Crippen molar-refractivity contribution < 1.29 is 4.79 Å². The highest BCUT2D eigenvalue weighted by Gasteiger charge is 2.17. The highest BCUT2D eigenvalue weighted by Crippen LogP contribution is 2.29. The molecule has 0 unspecified atom stereocenters. The van der Waals surface area contributed by atoms with Crippen molar-refractivity contribution in [2.45, 2.75) is 19.3 Å². The number of amides is 1. The molecular weight excluding hydrogens is 342 g/mol. The predicted octanol–water partition coefficient (Wildman–Crippen LogP) is 4.59. The fourth-order valence-corrected chi connectivity index (χ4v) is 4.10. The second-order valence-electron chi connectivity index (χ2n) is 6.45. The normalized spacial score (nSPS) is 13.8. The van der Waals surface area contributed by atoms with Crippen molar-refractivity contribution in [3.8, 4) is 10.6 Å². The SMILES string of the molecule is O=C(Cc1csc(-c2ccccc2)n1)Nc1ccccc1N1CCCC1. The summed E-state index contributed by atoms with van der Waals surface area (Å²) in [5.41, 5.74) is 3.90. The lowest BCUT2D eigenvalue weighted by molar-refractivity contribution is -0.115. The van der Waals surface area contributed by atoms with Gasteiger partial charge >= 0.3 is 0 Å². The van der Waals surface area contributed by atoms with E-state index in [4.69, 9.17) is 0 Å². The van der Waals surface area contributed by atoms with Gasteiger partial charge in [-0.05, 0) is 25.0 Å². The van der Waals surface area contributed by atoms with Crippen LogP contribution < -0.4 is 10.2 Å². The van der Waals surface area contributed by atoms with Gasteiger partial charge in [-0.3, -0.25) is 4.79 Å². The van der Waals surface area contributed by atoms with E-state index in [2.05, 4.69) is 21.3 Å². The molecule has 1 N–H and O–H groups in total. The van der Waals surface area contributed by atoms with Gasteiger partial charge in [0.05, 0.1) is 23.5 Å². The Morgan fingerprint density at radius 3 is 2.58 bits per heavy atom. The number of anilines is 2. The van der Waals surface area contributed by atoms with E-state index in [1.165, 1.54) is 12.8 Å². The maximum absolute atomic E-state index is 12.5.